The molecule has 0 saturated carbocycles. The Hall–Kier alpha value is -2.53. The fourth-order valence-electron chi connectivity index (χ4n) is 2.64. The van der Waals surface area contributed by atoms with Gasteiger partial charge in [0.05, 0.1) is 11.0 Å². The number of imidazole rings is 1. The van der Waals surface area contributed by atoms with Crippen LogP contribution in [0.25, 0.3) is 11.0 Å². The first-order valence-electron chi connectivity index (χ1n) is 6.73. The Kier molecular flexibility index (Phi) is 2.62. The molecule has 1 aliphatic heterocycles. The van der Waals surface area contributed by atoms with E-state index in [0.717, 1.165) is 16.6 Å². The predicted molar refractivity (Wildman–Crippen MR) is 77.3 cm³/mol. The third-order valence-electron chi connectivity index (χ3n) is 3.78. The normalized spacial score (nSPS) is 14.6. The zero-order chi connectivity index (χ0) is 14.4. The SMILES string of the molecule is Cn1c([C@@H](O)c2ccc3c(c2)OCO3)nc2ccccc21. The van der Waals surface area contributed by atoms with Crippen LogP contribution in [0.4, 0.5) is 0 Å². The summed E-state index contributed by atoms with van der Waals surface area (Å²) < 4.78 is 12.5. The largest absolute Gasteiger partial charge is 0.454 e. The van der Waals surface area contributed by atoms with Crippen LogP contribution in [-0.2, 0) is 7.05 Å². The molecule has 0 fully saturated rings. The Balaban J connectivity index is 1.79. The number of ether oxygens (including phenoxy) is 2. The van der Waals surface area contributed by atoms with Gasteiger partial charge in [0.1, 0.15) is 11.9 Å². The maximum atomic E-state index is 10.6. The van der Waals surface area contributed by atoms with Gasteiger partial charge in [0.2, 0.25) is 6.79 Å². The number of aliphatic hydroxyl groups excluding tert-OH is 1. The lowest BCUT2D eigenvalue weighted by Crippen LogP contribution is -2.07. The van der Waals surface area contributed by atoms with Crippen LogP contribution >= 0.6 is 0 Å². The van der Waals surface area contributed by atoms with Crippen LogP contribution < -0.4 is 9.47 Å². The molecule has 2 aromatic carbocycles. The Bertz CT molecular complexity index is 826. The van der Waals surface area contributed by atoms with E-state index in [0.29, 0.717) is 17.3 Å². The van der Waals surface area contributed by atoms with E-state index in [1.54, 1.807) is 6.07 Å². The molecule has 0 unspecified atom stereocenters. The maximum absolute atomic E-state index is 10.6. The van der Waals surface area contributed by atoms with Crippen molar-refractivity contribution < 1.29 is 14.6 Å². The van der Waals surface area contributed by atoms with Crippen molar-refractivity contribution in [2.24, 2.45) is 7.05 Å². The Morgan fingerprint density at radius 3 is 2.81 bits per heavy atom. The first-order valence-corrected chi connectivity index (χ1v) is 6.73. The van der Waals surface area contributed by atoms with E-state index in [1.807, 2.05) is 48.0 Å². The summed E-state index contributed by atoms with van der Waals surface area (Å²) in [7, 11) is 1.90. The molecule has 0 radical (unpaired) electrons. The highest BCUT2D eigenvalue weighted by Crippen LogP contribution is 2.35. The van der Waals surface area contributed by atoms with Crippen LogP contribution in [0.5, 0.6) is 11.5 Å². The number of rotatable bonds is 2. The number of hydrogen-bond acceptors (Lipinski definition) is 4. The molecule has 2 heterocycles. The van der Waals surface area contributed by atoms with Crippen molar-refractivity contribution in [1.29, 1.82) is 0 Å². The Morgan fingerprint density at radius 1 is 1.14 bits per heavy atom. The van der Waals surface area contributed by atoms with Crippen molar-refractivity contribution in [2.45, 2.75) is 6.10 Å². The van der Waals surface area contributed by atoms with Gasteiger partial charge in [0, 0.05) is 7.05 Å². The van der Waals surface area contributed by atoms with Gasteiger partial charge < -0.3 is 19.1 Å². The van der Waals surface area contributed by atoms with Crippen molar-refractivity contribution in [1.82, 2.24) is 9.55 Å². The fraction of sp³-hybridized carbons (Fsp3) is 0.188. The Labute approximate surface area is 121 Å². The van der Waals surface area contributed by atoms with E-state index < -0.39 is 6.10 Å². The second kappa shape index (κ2) is 4.49. The molecule has 21 heavy (non-hydrogen) atoms. The number of benzene rings is 2. The molecular weight excluding hydrogens is 268 g/mol. The molecular formula is C16H14N2O3. The van der Waals surface area contributed by atoms with Crippen LogP contribution in [0.2, 0.25) is 0 Å². The zero-order valence-electron chi connectivity index (χ0n) is 11.5. The molecule has 0 aliphatic carbocycles. The highest BCUT2D eigenvalue weighted by atomic mass is 16.7. The third kappa shape index (κ3) is 1.86. The average Bonchev–Trinajstić information content (AvgIpc) is 3.11. The standard InChI is InChI=1S/C16H14N2O3/c1-18-12-5-3-2-4-11(12)17-16(18)15(19)10-6-7-13-14(8-10)21-9-20-13/h2-8,15,19H,9H2,1H3/t15-/m0/s1. The fourth-order valence-corrected chi connectivity index (χ4v) is 2.64. The molecule has 5 nitrogen and oxygen atoms in total. The van der Waals surface area contributed by atoms with Crippen LogP contribution in [0.15, 0.2) is 42.5 Å². The lowest BCUT2D eigenvalue weighted by Gasteiger charge is -2.11. The number of aromatic nitrogens is 2. The van der Waals surface area contributed by atoms with Gasteiger partial charge in [-0.3, -0.25) is 0 Å². The minimum absolute atomic E-state index is 0.223. The number of nitrogens with zero attached hydrogens (tertiary/aromatic N) is 2. The summed E-state index contributed by atoms with van der Waals surface area (Å²) >= 11 is 0. The minimum Gasteiger partial charge on any atom is -0.454 e. The molecule has 1 aromatic heterocycles. The summed E-state index contributed by atoms with van der Waals surface area (Å²) in [6.45, 7) is 0.223. The van der Waals surface area contributed by atoms with Crippen LogP contribution in [0, 0.1) is 0 Å². The molecule has 0 bridgehead atoms. The van der Waals surface area contributed by atoms with Crippen molar-refractivity contribution >= 4 is 11.0 Å². The highest BCUT2D eigenvalue weighted by molar-refractivity contribution is 5.76. The molecule has 3 aromatic rings. The second-order valence-electron chi connectivity index (χ2n) is 5.03. The third-order valence-corrected chi connectivity index (χ3v) is 3.78. The molecule has 0 amide bonds. The molecule has 1 aliphatic rings. The predicted octanol–water partition coefficient (Wildman–Crippen LogP) is 2.38. The van der Waals surface area contributed by atoms with E-state index in [-0.39, 0.29) is 6.79 Å². The number of para-hydroxylation sites is 2. The van der Waals surface area contributed by atoms with Gasteiger partial charge in [-0.25, -0.2) is 4.98 Å². The van der Waals surface area contributed by atoms with Gasteiger partial charge in [-0.15, -0.1) is 0 Å². The number of aliphatic hydroxyl groups is 1. The minimum atomic E-state index is -0.808. The van der Waals surface area contributed by atoms with Crippen LogP contribution in [-0.4, -0.2) is 21.5 Å². The van der Waals surface area contributed by atoms with Crippen LogP contribution in [0.1, 0.15) is 17.5 Å². The summed E-state index contributed by atoms with van der Waals surface area (Å²) in [4.78, 5) is 4.52. The van der Waals surface area contributed by atoms with E-state index in [4.69, 9.17) is 9.47 Å². The lowest BCUT2D eigenvalue weighted by molar-refractivity contribution is 0.173. The summed E-state index contributed by atoms with van der Waals surface area (Å²) in [5.41, 5.74) is 2.60. The van der Waals surface area contributed by atoms with E-state index in [9.17, 15) is 5.11 Å². The zero-order valence-corrected chi connectivity index (χ0v) is 11.5. The topological polar surface area (TPSA) is 56.5 Å². The van der Waals surface area contributed by atoms with E-state index in [1.165, 1.54) is 0 Å². The van der Waals surface area contributed by atoms with Crippen molar-refractivity contribution in [3.63, 3.8) is 0 Å². The second-order valence-corrected chi connectivity index (χ2v) is 5.03. The van der Waals surface area contributed by atoms with Gasteiger partial charge in [-0.1, -0.05) is 18.2 Å². The quantitative estimate of drug-likeness (QED) is 0.784. The average molecular weight is 282 g/mol. The number of aryl methyl sites for hydroxylation is 1. The molecule has 1 N–H and O–H groups in total. The summed E-state index contributed by atoms with van der Waals surface area (Å²) in [6.07, 6.45) is -0.808. The van der Waals surface area contributed by atoms with Gasteiger partial charge >= 0.3 is 0 Å². The Morgan fingerprint density at radius 2 is 1.95 bits per heavy atom. The summed E-state index contributed by atoms with van der Waals surface area (Å²) in [5, 5.41) is 10.6. The number of fused-ring (bicyclic) bond motifs is 2. The molecule has 4 rings (SSSR count). The summed E-state index contributed by atoms with van der Waals surface area (Å²) in [6, 6.07) is 13.3. The molecule has 1 atom stereocenters. The van der Waals surface area contributed by atoms with Crippen molar-refractivity contribution in [3.8, 4) is 11.5 Å². The first-order chi connectivity index (χ1) is 10.2. The van der Waals surface area contributed by atoms with E-state index in [2.05, 4.69) is 4.98 Å². The molecule has 0 saturated heterocycles. The summed E-state index contributed by atoms with van der Waals surface area (Å²) in [5.74, 6) is 1.97. The van der Waals surface area contributed by atoms with Gasteiger partial charge in [-0.2, -0.15) is 0 Å². The maximum Gasteiger partial charge on any atom is 0.231 e. The van der Waals surface area contributed by atoms with Crippen molar-refractivity contribution in [2.75, 3.05) is 6.79 Å². The monoisotopic (exact) mass is 282 g/mol. The van der Waals surface area contributed by atoms with Gasteiger partial charge in [-0.05, 0) is 29.8 Å². The highest BCUT2D eigenvalue weighted by Gasteiger charge is 2.21. The van der Waals surface area contributed by atoms with Crippen LogP contribution in [0.3, 0.4) is 0 Å². The molecule has 106 valence electrons. The van der Waals surface area contributed by atoms with E-state index >= 15 is 0 Å². The van der Waals surface area contributed by atoms with Gasteiger partial charge in [0.25, 0.3) is 0 Å². The number of hydrogen-bond donors (Lipinski definition) is 1. The first kappa shape index (κ1) is 12.2. The smallest absolute Gasteiger partial charge is 0.231 e. The molecule has 5 heteroatoms. The van der Waals surface area contributed by atoms with Crippen molar-refractivity contribution in [3.05, 3.63) is 53.9 Å². The van der Waals surface area contributed by atoms with Gasteiger partial charge in [0.15, 0.2) is 11.5 Å². The molecule has 0 spiro atoms. The lowest BCUT2D eigenvalue weighted by atomic mass is 10.1.